The number of fused-ring (bicyclic) bond motifs is 10. The van der Waals surface area contributed by atoms with Crippen LogP contribution in [0.3, 0.4) is 0 Å². The molecule has 6 aromatic rings. The SMILES string of the molecule is CC1=Cc2c(-c3cc4ccccc4c4ccccc34)cccc2C1c1c2c(C)c(c3c1-c1ccc(C)cc1C3)CC2. The van der Waals surface area contributed by atoms with Gasteiger partial charge in [-0.2, -0.15) is 0 Å². The second-order valence-corrected chi connectivity index (χ2v) is 12.5. The molecule has 2 bridgehead atoms. The Morgan fingerprint density at radius 1 is 0.610 bits per heavy atom. The molecule has 0 heterocycles. The van der Waals surface area contributed by atoms with Crippen molar-refractivity contribution in [3.63, 3.8) is 0 Å². The number of benzene rings is 6. The van der Waals surface area contributed by atoms with Gasteiger partial charge in [-0.3, -0.25) is 0 Å². The molecule has 0 heteroatoms. The van der Waals surface area contributed by atoms with E-state index in [2.05, 4.69) is 118 Å². The van der Waals surface area contributed by atoms with Gasteiger partial charge in [0.2, 0.25) is 0 Å². The number of aryl methyl sites for hydroxylation is 1. The third-order valence-corrected chi connectivity index (χ3v) is 10.3. The first-order valence-corrected chi connectivity index (χ1v) is 15.1. The van der Waals surface area contributed by atoms with Crippen molar-refractivity contribution in [2.45, 2.75) is 46.0 Å². The minimum Gasteiger partial charge on any atom is -0.0616 e. The molecule has 0 saturated carbocycles. The predicted molar refractivity (Wildman–Crippen MR) is 174 cm³/mol. The molecule has 0 radical (unpaired) electrons. The minimum atomic E-state index is 0.304. The van der Waals surface area contributed by atoms with Crippen molar-refractivity contribution in [1.29, 1.82) is 0 Å². The van der Waals surface area contributed by atoms with Gasteiger partial charge in [-0.05, 0) is 134 Å². The van der Waals surface area contributed by atoms with Crippen molar-refractivity contribution in [3.8, 4) is 22.3 Å². The Kier molecular flexibility index (Phi) is 4.72. The summed E-state index contributed by atoms with van der Waals surface area (Å²) in [5.74, 6) is 0.304. The molecule has 1 atom stereocenters. The van der Waals surface area contributed by atoms with Crippen LogP contribution in [-0.2, 0) is 19.3 Å². The maximum atomic E-state index is 2.50. The standard InChI is InChI=1S/C41H32/c1-23-15-16-31-27(19-23)22-38-28-17-18-29(25(28)3)41(40(31)38)39-24(2)20-36-34(13-8-14-35(36)39)37-21-26-9-4-5-10-30(26)32-11-6-7-12-33(32)37/h4-16,19-21,39H,17-18,22H2,1-3H3. The average Bonchev–Trinajstić information content (AvgIpc) is 3.62. The van der Waals surface area contributed by atoms with Crippen molar-refractivity contribution < 1.29 is 0 Å². The largest absolute Gasteiger partial charge is 0.0616 e. The van der Waals surface area contributed by atoms with Crippen LogP contribution in [0.5, 0.6) is 0 Å². The molecule has 3 aliphatic rings. The lowest BCUT2D eigenvalue weighted by molar-refractivity contribution is 0.937. The maximum Gasteiger partial charge on any atom is 0.0314 e. The molecule has 0 saturated heterocycles. The predicted octanol–water partition coefficient (Wildman–Crippen LogP) is 10.5. The van der Waals surface area contributed by atoms with Crippen molar-refractivity contribution >= 4 is 27.6 Å². The zero-order valence-corrected chi connectivity index (χ0v) is 23.9. The third kappa shape index (κ3) is 3.11. The Hall–Kier alpha value is -4.42. The molecule has 196 valence electrons. The van der Waals surface area contributed by atoms with E-state index in [-0.39, 0.29) is 0 Å². The van der Waals surface area contributed by atoms with E-state index in [4.69, 9.17) is 0 Å². The molecule has 6 aromatic carbocycles. The van der Waals surface area contributed by atoms with Gasteiger partial charge in [-0.25, -0.2) is 0 Å². The van der Waals surface area contributed by atoms with Gasteiger partial charge < -0.3 is 0 Å². The van der Waals surface area contributed by atoms with Crippen LogP contribution in [0.1, 0.15) is 62.9 Å². The minimum absolute atomic E-state index is 0.304. The molecular formula is C41H32. The van der Waals surface area contributed by atoms with Crippen molar-refractivity contribution in [2.24, 2.45) is 0 Å². The van der Waals surface area contributed by atoms with Crippen molar-refractivity contribution in [1.82, 2.24) is 0 Å². The monoisotopic (exact) mass is 524 g/mol. The zero-order valence-electron chi connectivity index (χ0n) is 23.9. The lowest BCUT2D eigenvalue weighted by Gasteiger charge is -2.24. The van der Waals surface area contributed by atoms with Gasteiger partial charge in [0.05, 0.1) is 0 Å². The van der Waals surface area contributed by atoms with Gasteiger partial charge in [0.15, 0.2) is 0 Å². The van der Waals surface area contributed by atoms with Crippen LogP contribution in [-0.4, -0.2) is 0 Å². The van der Waals surface area contributed by atoms with Crippen LogP contribution in [0.15, 0.2) is 96.6 Å². The molecule has 1 unspecified atom stereocenters. The Bertz CT molecular complexity index is 2150. The summed E-state index contributed by atoms with van der Waals surface area (Å²) in [6, 6.07) is 34.4. The summed E-state index contributed by atoms with van der Waals surface area (Å²) in [6.45, 7) is 6.99. The molecule has 0 aromatic heterocycles. The Morgan fingerprint density at radius 3 is 2.27 bits per heavy atom. The van der Waals surface area contributed by atoms with E-state index < -0.39 is 0 Å². The van der Waals surface area contributed by atoms with Gasteiger partial charge in [0.25, 0.3) is 0 Å². The summed E-state index contributed by atoms with van der Waals surface area (Å²) in [5, 5.41) is 5.29. The van der Waals surface area contributed by atoms with Crippen LogP contribution in [0.25, 0.3) is 49.9 Å². The third-order valence-electron chi connectivity index (χ3n) is 10.3. The lowest BCUT2D eigenvalue weighted by atomic mass is 9.79. The highest BCUT2D eigenvalue weighted by Gasteiger charge is 2.37. The topological polar surface area (TPSA) is 0 Å². The van der Waals surface area contributed by atoms with E-state index in [1.165, 1.54) is 78.9 Å². The molecule has 0 amide bonds. The Morgan fingerprint density at radius 2 is 1.39 bits per heavy atom. The summed E-state index contributed by atoms with van der Waals surface area (Å²) in [5.41, 5.74) is 20.9. The summed E-state index contributed by atoms with van der Waals surface area (Å²) < 4.78 is 0. The van der Waals surface area contributed by atoms with E-state index in [1.807, 2.05) is 0 Å². The maximum absolute atomic E-state index is 2.50. The number of rotatable bonds is 2. The molecule has 41 heavy (non-hydrogen) atoms. The van der Waals surface area contributed by atoms with Gasteiger partial charge in [-0.1, -0.05) is 102 Å². The fourth-order valence-corrected chi connectivity index (χ4v) is 8.56. The van der Waals surface area contributed by atoms with Gasteiger partial charge in [0, 0.05) is 5.92 Å². The molecule has 0 nitrogen and oxygen atoms in total. The first-order valence-electron chi connectivity index (χ1n) is 15.1. The van der Waals surface area contributed by atoms with Crippen LogP contribution in [0.4, 0.5) is 0 Å². The van der Waals surface area contributed by atoms with E-state index in [0.29, 0.717) is 5.92 Å². The van der Waals surface area contributed by atoms with Gasteiger partial charge in [-0.15, -0.1) is 0 Å². The lowest BCUT2D eigenvalue weighted by Crippen LogP contribution is -2.07. The summed E-state index contributed by atoms with van der Waals surface area (Å²) in [7, 11) is 0. The summed E-state index contributed by atoms with van der Waals surface area (Å²) in [6.07, 6.45) is 5.96. The molecule has 0 N–H and O–H groups in total. The van der Waals surface area contributed by atoms with E-state index >= 15 is 0 Å². The molecule has 0 fully saturated rings. The molecule has 9 rings (SSSR count). The Balaban J connectivity index is 1.31. The van der Waals surface area contributed by atoms with Gasteiger partial charge >= 0.3 is 0 Å². The normalized spacial score (nSPS) is 16.3. The van der Waals surface area contributed by atoms with E-state index in [9.17, 15) is 0 Å². The highest BCUT2D eigenvalue weighted by Crippen LogP contribution is 2.55. The fourth-order valence-electron chi connectivity index (χ4n) is 8.56. The number of hydrogen-bond acceptors (Lipinski definition) is 0. The molecule has 0 aliphatic heterocycles. The van der Waals surface area contributed by atoms with E-state index in [0.717, 1.165) is 6.42 Å². The molecular weight excluding hydrogens is 492 g/mol. The van der Waals surface area contributed by atoms with Crippen LogP contribution in [0.2, 0.25) is 0 Å². The quantitative estimate of drug-likeness (QED) is 0.197. The average molecular weight is 525 g/mol. The van der Waals surface area contributed by atoms with Crippen LogP contribution < -0.4 is 0 Å². The van der Waals surface area contributed by atoms with Gasteiger partial charge in [0.1, 0.15) is 0 Å². The van der Waals surface area contributed by atoms with Crippen molar-refractivity contribution in [3.05, 3.63) is 147 Å². The highest BCUT2D eigenvalue weighted by molar-refractivity contribution is 6.14. The smallest absolute Gasteiger partial charge is 0.0314 e. The first kappa shape index (κ1) is 23.3. The highest BCUT2D eigenvalue weighted by atomic mass is 14.4. The van der Waals surface area contributed by atoms with Crippen LogP contribution >= 0.6 is 0 Å². The summed E-state index contributed by atoms with van der Waals surface area (Å²) >= 11 is 0. The fraction of sp³-hybridized carbons (Fsp3) is 0.171. The molecule has 3 aliphatic carbocycles. The Labute approximate surface area is 242 Å². The second-order valence-electron chi connectivity index (χ2n) is 12.5. The van der Waals surface area contributed by atoms with E-state index in [1.54, 1.807) is 33.4 Å². The summed E-state index contributed by atoms with van der Waals surface area (Å²) in [4.78, 5) is 0. The molecule has 0 spiro atoms. The number of allylic oxidation sites excluding steroid dienone is 1. The second kappa shape index (κ2) is 8.30. The first-order chi connectivity index (χ1) is 20.1. The van der Waals surface area contributed by atoms with Crippen LogP contribution in [0, 0.1) is 13.8 Å². The zero-order chi connectivity index (χ0) is 27.4. The number of hydrogen-bond donors (Lipinski definition) is 0. The van der Waals surface area contributed by atoms with Crippen molar-refractivity contribution in [2.75, 3.05) is 0 Å².